The average Bonchev–Trinajstić information content (AvgIpc) is 2.63. The van der Waals surface area contributed by atoms with Crippen LogP contribution in [0.2, 0.25) is 0 Å². The van der Waals surface area contributed by atoms with Crippen molar-refractivity contribution in [1.29, 1.82) is 0 Å². The van der Waals surface area contributed by atoms with E-state index >= 15 is 0 Å². The molecule has 11 heteroatoms. The Kier molecular flexibility index (Phi) is 13.0. The second-order valence-electron chi connectivity index (χ2n) is 7.02. The molecule has 0 aliphatic carbocycles. The number of hydrogen-bond acceptors (Lipinski definition) is 3. The first kappa shape index (κ1) is 30.6. The molecule has 0 bridgehead atoms. The smallest absolute Gasteiger partial charge is 0.402 e. The number of rotatable bonds is 13. The molecule has 0 aliphatic rings. The van der Waals surface area contributed by atoms with Gasteiger partial charge in [-0.25, -0.2) is 8.42 Å². The first-order valence-corrected chi connectivity index (χ1v) is 11.4. The Hall–Kier alpha value is -0.550. The third kappa shape index (κ3) is 8.24. The van der Waals surface area contributed by atoms with Crippen LogP contribution in [-0.4, -0.2) is 60.7 Å². The molecule has 0 aromatic rings. The number of hydrogen-bond donors (Lipinski definition) is 0. The summed E-state index contributed by atoms with van der Waals surface area (Å²) >= 11 is 0. The molecule has 29 heavy (non-hydrogen) atoms. The zero-order valence-corrected chi connectivity index (χ0v) is 18.7. The van der Waals surface area contributed by atoms with Crippen LogP contribution in [0.1, 0.15) is 73.1 Å². The van der Waals surface area contributed by atoms with Gasteiger partial charge in [0.05, 0.1) is 26.2 Å². The monoisotopic (exact) mass is 459 g/mol. The van der Waals surface area contributed by atoms with Crippen LogP contribution < -0.4 is 0 Å². The first-order chi connectivity index (χ1) is 13.1. The Bertz CT molecular complexity index is 534. The Morgan fingerprint density at radius 1 is 0.724 bits per heavy atom. The summed E-state index contributed by atoms with van der Waals surface area (Å²) in [6.45, 7) is 16.0. The minimum Gasteiger partial charge on any atom is -0.743 e. The minimum absolute atomic E-state index is 0.120. The van der Waals surface area contributed by atoms with Crippen LogP contribution in [0.15, 0.2) is 0 Å². The molecule has 0 atom stereocenters. The Morgan fingerprint density at radius 3 is 1.38 bits per heavy atom. The predicted octanol–water partition coefficient (Wildman–Crippen LogP) is 5.64. The molecule has 0 spiro atoms. The lowest BCUT2D eigenvalue weighted by Gasteiger charge is -2.34. The molecule has 4 nitrogen and oxygen atoms in total. The summed E-state index contributed by atoms with van der Waals surface area (Å²) in [6, 6.07) is 0. The molecule has 0 saturated carbocycles. The molecule has 0 fully saturated rings. The van der Waals surface area contributed by atoms with Gasteiger partial charge < -0.3 is 9.04 Å². The van der Waals surface area contributed by atoms with Crippen LogP contribution in [0.4, 0.5) is 26.3 Å². The third-order valence-electron chi connectivity index (χ3n) is 5.42. The number of alkyl halides is 6. The molecule has 0 heterocycles. The average molecular weight is 460 g/mol. The van der Waals surface area contributed by atoms with Gasteiger partial charge in [-0.15, -0.1) is 0 Å². The molecule has 0 aromatic heterocycles. The third-order valence-corrected chi connectivity index (χ3v) is 6.30. The van der Waals surface area contributed by atoms with E-state index in [1.54, 1.807) is 0 Å². The largest absolute Gasteiger partial charge is 0.743 e. The zero-order valence-electron chi connectivity index (χ0n) is 17.9. The summed E-state index contributed by atoms with van der Waals surface area (Å²) in [5.74, 6) is -11.5. The summed E-state index contributed by atoms with van der Waals surface area (Å²) in [4.78, 5) is 0. The van der Waals surface area contributed by atoms with Crippen molar-refractivity contribution < 1.29 is 43.8 Å². The summed E-state index contributed by atoms with van der Waals surface area (Å²) < 4.78 is 109. The molecule has 0 unspecified atom stereocenters. The lowest BCUT2D eigenvalue weighted by molar-refractivity contribution is -0.921. The van der Waals surface area contributed by atoms with Crippen LogP contribution in [-0.2, 0) is 10.1 Å². The highest BCUT2D eigenvalue weighted by Gasteiger charge is 2.74. The lowest BCUT2D eigenvalue weighted by Crippen LogP contribution is -2.57. The van der Waals surface area contributed by atoms with Gasteiger partial charge in [-0.3, -0.25) is 0 Å². The van der Waals surface area contributed by atoms with E-state index in [1.165, 1.54) is 30.7 Å². The normalized spacial score (nSPS) is 13.8. The van der Waals surface area contributed by atoms with E-state index in [1.807, 2.05) is 6.92 Å². The molecule has 0 saturated heterocycles. The highest BCUT2D eigenvalue weighted by Crippen LogP contribution is 2.50. The first-order valence-electron chi connectivity index (χ1n) is 9.99. The number of nitrogens with zero attached hydrogens (tertiary/aromatic N) is 1. The highest BCUT2D eigenvalue weighted by molar-refractivity contribution is 7.86. The fourth-order valence-electron chi connectivity index (χ4n) is 2.82. The molecular formula is C18H35F6NO3S. The SMILES string of the molecule is CCCCCCCC(F)(F)C(F)(F)C(F)(F)S(=O)(=O)[O-].CC[N+](CC)(CC)CC. The number of quaternary nitrogens is 1. The Balaban J connectivity index is 0. The van der Waals surface area contributed by atoms with Crippen molar-refractivity contribution in [2.45, 2.75) is 90.2 Å². The Morgan fingerprint density at radius 2 is 1.10 bits per heavy atom. The molecule has 0 radical (unpaired) electrons. The van der Waals surface area contributed by atoms with Crippen molar-refractivity contribution in [1.82, 2.24) is 0 Å². The van der Waals surface area contributed by atoms with Gasteiger partial charge in [-0.1, -0.05) is 32.6 Å². The van der Waals surface area contributed by atoms with E-state index in [2.05, 4.69) is 27.7 Å². The van der Waals surface area contributed by atoms with Crippen LogP contribution in [0.25, 0.3) is 0 Å². The van der Waals surface area contributed by atoms with E-state index in [0.29, 0.717) is 12.8 Å². The van der Waals surface area contributed by atoms with Crippen molar-refractivity contribution in [3.63, 3.8) is 0 Å². The number of halogens is 6. The van der Waals surface area contributed by atoms with E-state index in [4.69, 9.17) is 0 Å². The van der Waals surface area contributed by atoms with Gasteiger partial charge >= 0.3 is 17.1 Å². The predicted molar refractivity (Wildman–Crippen MR) is 100 cm³/mol. The molecule has 0 amide bonds. The van der Waals surface area contributed by atoms with Gasteiger partial charge in [-0.05, 0) is 34.1 Å². The van der Waals surface area contributed by atoms with Crippen LogP contribution in [0.5, 0.6) is 0 Å². The van der Waals surface area contributed by atoms with E-state index in [0.717, 1.165) is 6.42 Å². The van der Waals surface area contributed by atoms with Crippen LogP contribution in [0, 0.1) is 0 Å². The maximum atomic E-state index is 13.1. The zero-order chi connectivity index (χ0) is 23.6. The van der Waals surface area contributed by atoms with Crippen molar-refractivity contribution in [2.75, 3.05) is 26.2 Å². The Labute approximate surface area is 171 Å². The molecule has 178 valence electrons. The topological polar surface area (TPSA) is 57.2 Å². The maximum absolute atomic E-state index is 13.1. The van der Waals surface area contributed by atoms with Gasteiger partial charge in [-0.2, -0.15) is 26.3 Å². The van der Waals surface area contributed by atoms with Gasteiger partial charge in [0.15, 0.2) is 10.1 Å². The molecule has 0 aromatic carbocycles. The van der Waals surface area contributed by atoms with E-state index in [-0.39, 0.29) is 6.42 Å². The van der Waals surface area contributed by atoms with E-state index < -0.39 is 40.1 Å². The van der Waals surface area contributed by atoms with Crippen molar-refractivity contribution in [3.05, 3.63) is 0 Å². The second-order valence-corrected chi connectivity index (χ2v) is 8.44. The minimum atomic E-state index is -6.90. The van der Waals surface area contributed by atoms with Gasteiger partial charge in [0.2, 0.25) is 0 Å². The summed E-state index contributed by atoms with van der Waals surface area (Å²) in [7, 11) is -6.90. The standard InChI is InChI=1S/C10H16F6O3S.C8H20N/c1-2-3-4-5-6-7-8(11,12)9(13,14)10(15,16)20(17,18)19;1-5-9(6-2,7-3)8-4/h2-7H2,1H3,(H,17,18,19);5-8H2,1-4H3/q;+1/p-1. The highest BCUT2D eigenvalue weighted by atomic mass is 32.2. The van der Waals surface area contributed by atoms with Crippen molar-refractivity contribution in [2.24, 2.45) is 0 Å². The molecule has 0 aliphatic heterocycles. The summed E-state index contributed by atoms with van der Waals surface area (Å²) in [6.07, 6.45) is -0.0673. The molecule has 0 N–H and O–H groups in total. The second kappa shape index (κ2) is 12.3. The molecular weight excluding hydrogens is 424 g/mol. The van der Waals surface area contributed by atoms with Crippen LogP contribution >= 0.6 is 0 Å². The van der Waals surface area contributed by atoms with Crippen LogP contribution in [0.3, 0.4) is 0 Å². The van der Waals surface area contributed by atoms with Gasteiger partial charge in [0.1, 0.15) is 0 Å². The fraction of sp³-hybridized carbons (Fsp3) is 1.00. The number of unbranched alkanes of at least 4 members (excludes halogenated alkanes) is 4. The molecule has 0 rings (SSSR count). The van der Waals surface area contributed by atoms with E-state index in [9.17, 15) is 39.3 Å². The van der Waals surface area contributed by atoms with Gasteiger partial charge in [0.25, 0.3) is 0 Å². The maximum Gasteiger partial charge on any atom is 0.402 e. The van der Waals surface area contributed by atoms with Crippen molar-refractivity contribution >= 4 is 10.1 Å². The quantitative estimate of drug-likeness (QED) is 0.155. The lowest BCUT2D eigenvalue weighted by atomic mass is 10.0. The summed E-state index contributed by atoms with van der Waals surface area (Å²) in [5.41, 5.74) is 0. The fourth-order valence-corrected chi connectivity index (χ4v) is 3.28. The summed E-state index contributed by atoms with van der Waals surface area (Å²) in [5, 5.41) is -6.35. The van der Waals surface area contributed by atoms with Gasteiger partial charge in [0, 0.05) is 6.42 Å². The van der Waals surface area contributed by atoms with Crippen molar-refractivity contribution in [3.8, 4) is 0 Å².